The third-order valence-corrected chi connectivity index (χ3v) is 4.90. The topological polar surface area (TPSA) is 73.2 Å². The minimum atomic E-state index is -0.676. The van der Waals surface area contributed by atoms with E-state index in [9.17, 15) is 9.59 Å². The second kappa shape index (κ2) is 7.06. The van der Waals surface area contributed by atoms with Gasteiger partial charge in [0.1, 0.15) is 6.04 Å². The summed E-state index contributed by atoms with van der Waals surface area (Å²) in [5.41, 5.74) is 1.32. The number of esters is 1. The maximum Gasteiger partial charge on any atom is 0.328 e. The van der Waals surface area contributed by atoms with E-state index in [0.717, 1.165) is 15.3 Å². The molecular weight excluding hydrogens is 338 g/mol. The molecule has 2 heterocycles. The van der Waals surface area contributed by atoms with E-state index in [1.165, 1.54) is 18.4 Å². The molecule has 130 valence electrons. The fourth-order valence-electron chi connectivity index (χ4n) is 2.48. The number of aromatic nitrogens is 2. The van der Waals surface area contributed by atoms with Gasteiger partial charge in [-0.15, -0.1) is 0 Å². The van der Waals surface area contributed by atoms with Crippen LogP contribution in [0.3, 0.4) is 0 Å². The summed E-state index contributed by atoms with van der Waals surface area (Å²) in [4.78, 5) is 28.9. The number of hydrogen-bond acceptors (Lipinski definition) is 5. The minimum absolute atomic E-state index is 0.0659. The Labute approximate surface area is 149 Å². The van der Waals surface area contributed by atoms with Crippen LogP contribution in [0.1, 0.15) is 24.2 Å². The zero-order valence-electron chi connectivity index (χ0n) is 14.2. The van der Waals surface area contributed by atoms with E-state index in [4.69, 9.17) is 4.74 Å². The molecule has 0 saturated carbocycles. The third-order valence-electron chi connectivity index (χ3n) is 3.87. The lowest BCUT2D eigenvalue weighted by Gasteiger charge is -2.19. The first-order valence-electron chi connectivity index (χ1n) is 7.92. The molecule has 0 aliphatic carbocycles. The standard InChI is InChI=1S/C18H19N3O3S/c1-11(2)15(17(23)24-3)20-16(22)12-6-7-13-14(10-12)25-18(19-13)21-8-4-5-9-21/h4-11,15H,1-3H3,(H,20,22)/t15-/m0/s1. The molecule has 0 unspecified atom stereocenters. The molecule has 7 heteroatoms. The number of fused-ring (bicyclic) bond motifs is 1. The molecule has 25 heavy (non-hydrogen) atoms. The van der Waals surface area contributed by atoms with Gasteiger partial charge in [0, 0.05) is 18.0 Å². The Morgan fingerprint density at radius 3 is 2.60 bits per heavy atom. The highest BCUT2D eigenvalue weighted by Gasteiger charge is 2.25. The molecule has 0 saturated heterocycles. The van der Waals surface area contributed by atoms with E-state index in [1.54, 1.807) is 12.1 Å². The van der Waals surface area contributed by atoms with Crippen molar-refractivity contribution in [1.82, 2.24) is 14.9 Å². The Hall–Kier alpha value is -2.67. The number of carbonyl (C=O) groups excluding carboxylic acids is 2. The van der Waals surface area contributed by atoms with Gasteiger partial charge in [0.2, 0.25) is 0 Å². The molecule has 0 bridgehead atoms. The van der Waals surface area contributed by atoms with Crippen LogP contribution in [-0.2, 0) is 9.53 Å². The van der Waals surface area contributed by atoms with Crippen LogP contribution in [0.15, 0.2) is 42.7 Å². The first-order valence-corrected chi connectivity index (χ1v) is 8.74. The minimum Gasteiger partial charge on any atom is -0.467 e. The normalized spacial score (nSPS) is 12.3. The van der Waals surface area contributed by atoms with Gasteiger partial charge in [-0.2, -0.15) is 0 Å². The molecule has 2 aromatic heterocycles. The van der Waals surface area contributed by atoms with Gasteiger partial charge in [0.15, 0.2) is 5.13 Å². The SMILES string of the molecule is COC(=O)[C@@H](NC(=O)c1ccc2nc(-n3cccc3)sc2c1)C(C)C. The molecule has 0 fully saturated rings. The summed E-state index contributed by atoms with van der Waals surface area (Å²) in [5, 5.41) is 3.59. The zero-order valence-corrected chi connectivity index (χ0v) is 15.0. The Morgan fingerprint density at radius 2 is 1.96 bits per heavy atom. The first-order chi connectivity index (χ1) is 12.0. The predicted molar refractivity (Wildman–Crippen MR) is 97.1 cm³/mol. The number of benzene rings is 1. The summed E-state index contributed by atoms with van der Waals surface area (Å²) in [6.07, 6.45) is 3.85. The van der Waals surface area contributed by atoms with Crippen molar-refractivity contribution in [3.8, 4) is 5.13 Å². The highest BCUT2D eigenvalue weighted by molar-refractivity contribution is 7.20. The van der Waals surface area contributed by atoms with Crippen LogP contribution in [-0.4, -0.2) is 34.6 Å². The molecule has 6 nitrogen and oxygen atoms in total. The molecule has 0 radical (unpaired) electrons. The summed E-state index contributed by atoms with van der Waals surface area (Å²) in [5.74, 6) is -0.817. The fourth-order valence-corrected chi connectivity index (χ4v) is 3.45. The van der Waals surface area contributed by atoms with E-state index in [1.807, 2.05) is 49.0 Å². The van der Waals surface area contributed by atoms with Gasteiger partial charge in [-0.1, -0.05) is 25.2 Å². The van der Waals surface area contributed by atoms with Crippen molar-refractivity contribution >= 4 is 33.4 Å². The molecule has 1 N–H and O–H groups in total. The maximum atomic E-state index is 12.5. The van der Waals surface area contributed by atoms with E-state index in [0.29, 0.717) is 5.56 Å². The predicted octanol–water partition coefficient (Wildman–Crippen LogP) is 3.01. The van der Waals surface area contributed by atoms with Crippen LogP contribution in [0.4, 0.5) is 0 Å². The second-order valence-corrected chi connectivity index (χ2v) is 7.00. The van der Waals surface area contributed by atoms with Gasteiger partial charge < -0.3 is 14.6 Å². The molecule has 3 aromatic rings. The number of carbonyl (C=O) groups is 2. The van der Waals surface area contributed by atoms with Gasteiger partial charge in [0.05, 0.1) is 17.3 Å². The molecular formula is C18H19N3O3S. The lowest BCUT2D eigenvalue weighted by molar-refractivity contribution is -0.144. The Bertz CT molecular complexity index is 900. The lowest BCUT2D eigenvalue weighted by Crippen LogP contribution is -2.45. The first kappa shape index (κ1) is 17.2. The second-order valence-electron chi connectivity index (χ2n) is 5.99. The highest BCUT2D eigenvalue weighted by Crippen LogP contribution is 2.26. The molecule has 0 aliphatic rings. The van der Waals surface area contributed by atoms with E-state index < -0.39 is 12.0 Å². The third kappa shape index (κ3) is 3.56. The van der Waals surface area contributed by atoms with Crippen LogP contribution < -0.4 is 5.32 Å². The molecule has 1 aromatic carbocycles. The summed E-state index contributed by atoms with van der Waals surface area (Å²) in [7, 11) is 1.32. The number of hydrogen-bond donors (Lipinski definition) is 1. The van der Waals surface area contributed by atoms with Gasteiger partial charge >= 0.3 is 5.97 Å². The summed E-state index contributed by atoms with van der Waals surface area (Å²) < 4.78 is 7.60. The lowest BCUT2D eigenvalue weighted by atomic mass is 10.0. The number of nitrogens with one attached hydrogen (secondary N) is 1. The summed E-state index contributed by atoms with van der Waals surface area (Å²) in [6, 6.07) is 8.52. The van der Waals surface area contributed by atoms with E-state index in [-0.39, 0.29) is 11.8 Å². The average Bonchev–Trinajstić information content (AvgIpc) is 3.26. The van der Waals surface area contributed by atoms with Crippen LogP contribution in [0.5, 0.6) is 0 Å². The van der Waals surface area contributed by atoms with E-state index in [2.05, 4.69) is 10.3 Å². The van der Waals surface area contributed by atoms with Crippen molar-refractivity contribution in [2.24, 2.45) is 5.92 Å². The number of rotatable bonds is 5. The molecule has 3 rings (SSSR count). The van der Waals surface area contributed by atoms with Crippen LogP contribution in [0.2, 0.25) is 0 Å². The van der Waals surface area contributed by atoms with Gasteiger partial charge in [-0.3, -0.25) is 4.79 Å². The Morgan fingerprint density at radius 1 is 1.24 bits per heavy atom. The molecule has 1 atom stereocenters. The number of amides is 1. The molecule has 1 amide bonds. The average molecular weight is 357 g/mol. The van der Waals surface area contributed by atoms with Crippen LogP contribution >= 0.6 is 11.3 Å². The largest absolute Gasteiger partial charge is 0.467 e. The van der Waals surface area contributed by atoms with Gasteiger partial charge in [0.25, 0.3) is 5.91 Å². The fraction of sp³-hybridized carbons (Fsp3) is 0.278. The van der Waals surface area contributed by atoms with Crippen molar-refractivity contribution in [3.05, 3.63) is 48.3 Å². The molecule has 0 aliphatic heterocycles. The van der Waals surface area contributed by atoms with Crippen molar-refractivity contribution in [2.75, 3.05) is 7.11 Å². The summed E-state index contributed by atoms with van der Waals surface area (Å²) >= 11 is 1.50. The summed E-state index contributed by atoms with van der Waals surface area (Å²) in [6.45, 7) is 3.72. The van der Waals surface area contributed by atoms with E-state index >= 15 is 0 Å². The maximum absolute atomic E-state index is 12.5. The number of methoxy groups -OCH3 is 1. The Kier molecular flexibility index (Phi) is 4.85. The molecule has 0 spiro atoms. The van der Waals surface area contributed by atoms with Crippen molar-refractivity contribution in [3.63, 3.8) is 0 Å². The number of thiazole rings is 1. The Balaban J connectivity index is 1.85. The monoisotopic (exact) mass is 357 g/mol. The van der Waals surface area contributed by atoms with Crippen molar-refractivity contribution in [2.45, 2.75) is 19.9 Å². The number of nitrogens with zero attached hydrogens (tertiary/aromatic N) is 2. The van der Waals surface area contributed by atoms with Crippen molar-refractivity contribution < 1.29 is 14.3 Å². The highest BCUT2D eigenvalue weighted by atomic mass is 32.1. The van der Waals surface area contributed by atoms with Gasteiger partial charge in [-0.25, -0.2) is 9.78 Å². The smallest absolute Gasteiger partial charge is 0.328 e. The van der Waals surface area contributed by atoms with Gasteiger partial charge in [-0.05, 0) is 36.2 Å². The quantitative estimate of drug-likeness (QED) is 0.713. The van der Waals surface area contributed by atoms with Crippen LogP contribution in [0, 0.1) is 5.92 Å². The van der Waals surface area contributed by atoms with Crippen LogP contribution in [0.25, 0.3) is 15.3 Å². The number of ether oxygens (including phenoxy) is 1. The van der Waals surface area contributed by atoms with Crippen molar-refractivity contribution in [1.29, 1.82) is 0 Å². The zero-order chi connectivity index (χ0) is 18.0.